The zero-order chi connectivity index (χ0) is 15.8. The van der Waals surface area contributed by atoms with Gasteiger partial charge in [-0.25, -0.2) is 0 Å². The average molecular weight is 289 g/mol. The van der Waals surface area contributed by atoms with Gasteiger partial charge in [0.15, 0.2) is 11.5 Å². The lowest BCUT2D eigenvalue weighted by molar-refractivity contribution is 0.00578. The summed E-state index contributed by atoms with van der Waals surface area (Å²) in [7, 11) is 2.50. The molecule has 1 aromatic carbocycles. The number of hydrogen-bond donors (Lipinski definition) is 0. The topological polar surface area (TPSA) is 60.7 Å². The van der Waals surface area contributed by atoms with E-state index in [1.165, 1.54) is 14.2 Å². The predicted molar refractivity (Wildman–Crippen MR) is 80.0 cm³/mol. The van der Waals surface area contributed by atoms with Crippen molar-refractivity contribution < 1.29 is 18.8 Å². The summed E-state index contributed by atoms with van der Waals surface area (Å²) in [6, 6.07) is 5.60. The number of nitriles is 1. The third-order valence-electron chi connectivity index (χ3n) is 4.15. The van der Waals surface area contributed by atoms with Gasteiger partial charge in [-0.15, -0.1) is 0 Å². The lowest BCUT2D eigenvalue weighted by Gasteiger charge is -2.32. The highest BCUT2D eigenvalue weighted by molar-refractivity contribution is 6.62. The fraction of sp³-hybridized carbons (Fsp3) is 0.533. The van der Waals surface area contributed by atoms with Crippen molar-refractivity contribution >= 4 is 12.6 Å². The highest BCUT2D eigenvalue weighted by Crippen LogP contribution is 2.37. The van der Waals surface area contributed by atoms with Gasteiger partial charge in [-0.05, 0) is 45.3 Å². The quantitative estimate of drug-likeness (QED) is 0.795. The number of methoxy groups -OCH3 is 2. The summed E-state index contributed by atoms with van der Waals surface area (Å²) in [5.74, 6) is 0.904. The Kier molecular flexibility index (Phi) is 3.92. The van der Waals surface area contributed by atoms with Crippen LogP contribution in [-0.4, -0.2) is 32.5 Å². The van der Waals surface area contributed by atoms with Gasteiger partial charge < -0.3 is 18.8 Å². The van der Waals surface area contributed by atoms with Crippen molar-refractivity contribution in [2.75, 3.05) is 14.2 Å². The summed E-state index contributed by atoms with van der Waals surface area (Å²) in [6.45, 7) is 7.94. The van der Waals surface area contributed by atoms with Gasteiger partial charge in [0, 0.05) is 0 Å². The maximum Gasteiger partial charge on any atom is 0.495 e. The van der Waals surface area contributed by atoms with Crippen LogP contribution in [0.1, 0.15) is 33.3 Å². The third kappa shape index (κ3) is 2.59. The first-order valence-corrected chi connectivity index (χ1v) is 6.77. The first-order chi connectivity index (χ1) is 9.75. The molecule has 0 unspecified atom stereocenters. The Morgan fingerprint density at radius 2 is 1.62 bits per heavy atom. The fourth-order valence-corrected chi connectivity index (χ4v) is 2.18. The number of hydrogen-bond acceptors (Lipinski definition) is 5. The maximum atomic E-state index is 9.27. The molecule has 0 amide bonds. The van der Waals surface area contributed by atoms with Gasteiger partial charge >= 0.3 is 7.12 Å². The second-order valence-corrected chi connectivity index (χ2v) is 6.00. The van der Waals surface area contributed by atoms with Gasteiger partial charge in [-0.2, -0.15) is 5.26 Å². The molecular weight excluding hydrogens is 269 g/mol. The maximum absolute atomic E-state index is 9.27. The van der Waals surface area contributed by atoms with E-state index in [9.17, 15) is 5.26 Å². The van der Waals surface area contributed by atoms with Gasteiger partial charge in [0.1, 0.15) is 6.07 Å². The van der Waals surface area contributed by atoms with E-state index < -0.39 is 18.3 Å². The normalized spacial score (nSPS) is 19.2. The summed E-state index contributed by atoms with van der Waals surface area (Å²) in [6.07, 6.45) is 0. The molecule has 2 rings (SSSR count). The van der Waals surface area contributed by atoms with Crippen LogP contribution in [0.15, 0.2) is 12.1 Å². The van der Waals surface area contributed by atoms with Gasteiger partial charge in [0.25, 0.3) is 0 Å². The predicted octanol–water partition coefficient (Wildman–Crippen LogP) is 1.87. The molecule has 5 nitrogen and oxygen atoms in total. The van der Waals surface area contributed by atoms with Crippen LogP contribution >= 0.6 is 0 Å². The van der Waals surface area contributed by atoms with Gasteiger partial charge in [0.05, 0.1) is 31.0 Å². The Balaban J connectivity index is 2.45. The molecular formula is C15H20BNO4. The van der Waals surface area contributed by atoms with Crippen LogP contribution < -0.4 is 14.9 Å². The minimum absolute atomic E-state index is 0.390. The van der Waals surface area contributed by atoms with Crippen LogP contribution in [-0.2, 0) is 9.31 Å². The van der Waals surface area contributed by atoms with Crippen LogP contribution in [0.5, 0.6) is 11.5 Å². The molecule has 1 fully saturated rings. The zero-order valence-electron chi connectivity index (χ0n) is 13.3. The first-order valence-electron chi connectivity index (χ1n) is 6.77. The van der Waals surface area contributed by atoms with Crippen LogP contribution in [0.2, 0.25) is 0 Å². The summed E-state index contributed by atoms with van der Waals surface area (Å²) in [4.78, 5) is 0. The van der Waals surface area contributed by atoms with Crippen LogP contribution in [0.3, 0.4) is 0 Å². The standard InChI is InChI=1S/C15H20BNO4/c1-14(2)15(3,4)21-16(20-14)11-7-10(9-17)13(19-6)12(8-11)18-5/h7-8H,1-6H3. The summed E-state index contributed by atoms with van der Waals surface area (Å²) < 4.78 is 22.5. The number of ether oxygens (including phenoxy) is 2. The zero-order valence-corrected chi connectivity index (χ0v) is 13.3. The van der Waals surface area contributed by atoms with Gasteiger partial charge in [-0.1, -0.05) is 0 Å². The molecule has 1 aliphatic rings. The third-order valence-corrected chi connectivity index (χ3v) is 4.15. The van der Waals surface area contributed by atoms with Crippen molar-refractivity contribution in [3.8, 4) is 17.6 Å². The van der Waals surface area contributed by atoms with Crippen molar-refractivity contribution in [1.82, 2.24) is 0 Å². The largest absolute Gasteiger partial charge is 0.495 e. The second kappa shape index (κ2) is 5.25. The van der Waals surface area contributed by atoms with E-state index in [0.29, 0.717) is 17.1 Å². The van der Waals surface area contributed by atoms with Crippen molar-refractivity contribution in [2.24, 2.45) is 0 Å². The summed E-state index contributed by atoms with van der Waals surface area (Å²) >= 11 is 0. The highest BCUT2D eigenvalue weighted by atomic mass is 16.7. The fourth-order valence-electron chi connectivity index (χ4n) is 2.18. The molecule has 112 valence electrons. The molecule has 0 saturated carbocycles. The molecule has 6 heteroatoms. The first kappa shape index (κ1) is 15.7. The molecule has 0 atom stereocenters. The lowest BCUT2D eigenvalue weighted by Crippen LogP contribution is -2.41. The Morgan fingerprint density at radius 3 is 2.05 bits per heavy atom. The average Bonchev–Trinajstić information content (AvgIpc) is 2.65. The lowest BCUT2D eigenvalue weighted by atomic mass is 9.78. The molecule has 21 heavy (non-hydrogen) atoms. The molecule has 0 bridgehead atoms. The van der Waals surface area contributed by atoms with Crippen LogP contribution in [0, 0.1) is 11.3 Å². The van der Waals surface area contributed by atoms with Gasteiger partial charge in [0.2, 0.25) is 0 Å². The Hall–Kier alpha value is -1.71. The highest BCUT2D eigenvalue weighted by Gasteiger charge is 2.52. The molecule has 1 aromatic rings. The number of rotatable bonds is 3. The van der Waals surface area contributed by atoms with E-state index in [0.717, 1.165) is 5.46 Å². The molecule has 1 aliphatic heterocycles. The van der Waals surface area contributed by atoms with Crippen molar-refractivity contribution in [3.63, 3.8) is 0 Å². The Bertz CT molecular complexity index is 576. The minimum Gasteiger partial charge on any atom is -0.493 e. The smallest absolute Gasteiger partial charge is 0.493 e. The van der Waals surface area contributed by atoms with E-state index in [4.69, 9.17) is 18.8 Å². The molecule has 1 heterocycles. The molecule has 0 aliphatic carbocycles. The number of nitrogens with zero attached hydrogens (tertiary/aromatic N) is 1. The number of benzene rings is 1. The minimum atomic E-state index is -0.540. The Morgan fingerprint density at radius 1 is 1.05 bits per heavy atom. The Labute approximate surface area is 125 Å². The molecule has 1 saturated heterocycles. The second-order valence-electron chi connectivity index (χ2n) is 6.00. The monoisotopic (exact) mass is 289 g/mol. The van der Waals surface area contributed by atoms with Crippen LogP contribution in [0.4, 0.5) is 0 Å². The van der Waals surface area contributed by atoms with E-state index in [1.54, 1.807) is 12.1 Å². The van der Waals surface area contributed by atoms with E-state index in [2.05, 4.69) is 6.07 Å². The van der Waals surface area contributed by atoms with E-state index >= 15 is 0 Å². The van der Waals surface area contributed by atoms with E-state index in [1.807, 2.05) is 27.7 Å². The molecule has 0 radical (unpaired) electrons. The molecule has 0 N–H and O–H groups in total. The van der Waals surface area contributed by atoms with Crippen molar-refractivity contribution in [3.05, 3.63) is 17.7 Å². The molecule has 0 spiro atoms. The van der Waals surface area contributed by atoms with Crippen molar-refractivity contribution in [2.45, 2.75) is 38.9 Å². The van der Waals surface area contributed by atoms with Crippen molar-refractivity contribution in [1.29, 1.82) is 5.26 Å². The summed E-state index contributed by atoms with van der Waals surface area (Å²) in [5, 5.41) is 9.27. The SMILES string of the molecule is COc1cc(B2OC(C)(C)C(C)(C)O2)cc(C#N)c1OC. The van der Waals surface area contributed by atoms with E-state index in [-0.39, 0.29) is 0 Å². The molecule has 0 aromatic heterocycles. The van der Waals surface area contributed by atoms with Gasteiger partial charge in [-0.3, -0.25) is 0 Å². The van der Waals surface area contributed by atoms with Crippen LogP contribution in [0.25, 0.3) is 0 Å². The summed E-state index contributed by atoms with van der Waals surface area (Å²) in [5.41, 5.74) is 0.263.